The summed E-state index contributed by atoms with van der Waals surface area (Å²) in [5.74, 6) is 1.03. The van der Waals surface area contributed by atoms with Crippen molar-refractivity contribution in [2.75, 3.05) is 18.5 Å². The summed E-state index contributed by atoms with van der Waals surface area (Å²) in [4.78, 5) is 30.0. The average molecular weight is 430 g/mol. The maximum absolute atomic E-state index is 13.0. The topological polar surface area (TPSA) is 126 Å². The van der Waals surface area contributed by atoms with Crippen LogP contribution in [0.25, 0.3) is 28.1 Å². The minimum Gasteiger partial charge on any atom is -0.381 e. The number of benzene rings is 1. The molecule has 0 unspecified atom stereocenters. The van der Waals surface area contributed by atoms with E-state index in [1.807, 2.05) is 6.07 Å². The third kappa shape index (κ3) is 3.05. The van der Waals surface area contributed by atoms with Gasteiger partial charge in [-0.25, -0.2) is 9.78 Å². The highest BCUT2D eigenvalue weighted by molar-refractivity contribution is 5.85. The van der Waals surface area contributed by atoms with E-state index < -0.39 is 0 Å². The van der Waals surface area contributed by atoms with Crippen molar-refractivity contribution in [3.63, 3.8) is 0 Å². The first kappa shape index (κ1) is 19.0. The van der Waals surface area contributed by atoms with Gasteiger partial charge < -0.3 is 15.0 Å². The molecule has 1 aliphatic carbocycles. The van der Waals surface area contributed by atoms with E-state index in [2.05, 4.69) is 21.4 Å². The number of ether oxygens (including phenoxy) is 1. The predicted octanol–water partition coefficient (Wildman–Crippen LogP) is 2.65. The Hall–Kier alpha value is -3.71. The molecule has 0 spiro atoms. The van der Waals surface area contributed by atoms with E-state index in [1.54, 1.807) is 27.6 Å². The number of hydrogen-bond acceptors (Lipinski definition) is 7. The molecule has 0 atom stereocenters. The minimum absolute atomic E-state index is 0.0222. The van der Waals surface area contributed by atoms with Gasteiger partial charge in [-0.15, -0.1) is 0 Å². The quantitative estimate of drug-likeness (QED) is 0.510. The van der Waals surface area contributed by atoms with Crippen LogP contribution in [-0.2, 0) is 4.74 Å². The zero-order chi connectivity index (χ0) is 21.7. The van der Waals surface area contributed by atoms with E-state index in [9.17, 15) is 10.1 Å². The van der Waals surface area contributed by atoms with Crippen molar-refractivity contribution >= 4 is 28.0 Å². The second-order valence-electron chi connectivity index (χ2n) is 8.42. The number of H-pyrrole nitrogens is 1. The summed E-state index contributed by atoms with van der Waals surface area (Å²) in [7, 11) is 0. The molecule has 1 aliphatic heterocycles. The SMILES string of the molecule is N#Cc1ccc2ncn(-c3nc(NC4CCC4)c4[nH]c(=O)n(C5CCOCC5)c4n3)c2c1. The molecule has 4 aromatic rings. The number of nitrogens with one attached hydrogen (secondary N) is 2. The van der Waals surface area contributed by atoms with Crippen molar-refractivity contribution in [3.8, 4) is 12.0 Å². The number of nitriles is 1. The smallest absolute Gasteiger partial charge is 0.328 e. The first-order valence-corrected chi connectivity index (χ1v) is 11.0. The van der Waals surface area contributed by atoms with E-state index >= 15 is 0 Å². The molecule has 10 heteroatoms. The summed E-state index contributed by atoms with van der Waals surface area (Å²) in [6.45, 7) is 1.25. The van der Waals surface area contributed by atoms with Gasteiger partial charge >= 0.3 is 5.69 Å². The first-order valence-electron chi connectivity index (χ1n) is 11.0. The molecule has 3 aromatic heterocycles. The Morgan fingerprint density at radius 2 is 2.03 bits per heavy atom. The van der Waals surface area contributed by atoms with E-state index in [0.717, 1.165) is 36.7 Å². The summed E-state index contributed by atoms with van der Waals surface area (Å²) < 4.78 is 9.01. The predicted molar refractivity (Wildman–Crippen MR) is 118 cm³/mol. The van der Waals surface area contributed by atoms with Gasteiger partial charge in [0.2, 0.25) is 5.95 Å². The number of aromatic amines is 1. The molecule has 162 valence electrons. The lowest BCUT2D eigenvalue weighted by atomic mass is 9.93. The molecule has 6 rings (SSSR count). The van der Waals surface area contributed by atoms with Crippen LogP contribution < -0.4 is 11.0 Å². The molecule has 1 saturated carbocycles. The number of aromatic nitrogens is 6. The zero-order valence-electron chi connectivity index (χ0n) is 17.4. The van der Waals surface area contributed by atoms with Crippen LogP contribution in [0.4, 0.5) is 5.82 Å². The molecule has 0 amide bonds. The molecule has 1 aromatic carbocycles. The second-order valence-corrected chi connectivity index (χ2v) is 8.42. The lowest BCUT2D eigenvalue weighted by Crippen LogP contribution is -2.28. The Morgan fingerprint density at radius 1 is 1.19 bits per heavy atom. The van der Waals surface area contributed by atoms with E-state index in [1.165, 1.54) is 6.42 Å². The van der Waals surface area contributed by atoms with Gasteiger partial charge in [-0.3, -0.25) is 9.13 Å². The van der Waals surface area contributed by atoms with Gasteiger partial charge in [0.1, 0.15) is 11.8 Å². The van der Waals surface area contributed by atoms with Crippen LogP contribution in [0.2, 0.25) is 0 Å². The third-order valence-electron chi connectivity index (χ3n) is 6.45. The Morgan fingerprint density at radius 3 is 2.78 bits per heavy atom. The maximum atomic E-state index is 13.0. The molecule has 4 heterocycles. The number of fused-ring (bicyclic) bond motifs is 2. The molecule has 32 heavy (non-hydrogen) atoms. The highest BCUT2D eigenvalue weighted by Crippen LogP contribution is 2.29. The fraction of sp³-hybridized carbons (Fsp3) is 0.409. The van der Waals surface area contributed by atoms with Gasteiger partial charge in [0.05, 0.1) is 22.7 Å². The fourth-order valence-electron chi connectivity index (χ4n) is 4.47. The Balaban J connectivity index is 1.56. The molecule has 0 bridgehead atoms. The summed E-state index contributed by atoms with van der Waals surface area (Å²) in [6.07, 6.45) is 6.51. The van der Waals surface area contributed by atoms with Crippen LogP contribution in [0.15, 0.2) is 29.3 Å². The third-order valence-corrected chi connectivity index (χ3v) is 6.45. The van der Waals surface area contributed by atoms with Crippen LogP contribution >= 0.6 is 0 Å². The molecule has 2 N–H and O–H groups in total. The van der Waals surface area contributed by atoms with Crippen LogP contribution in [0.5, 0.6) is 0 Å². The van der Waals surface area contributed by atoms with Gasteiger partial charge in [-0.05, 0) is 50.3 Å². The highest BCUT2D eigenvalue weighted by Gasteiger charge is 2.26. The molecular formula is C22H22N8O2. The van der Waals surface area contributed by atoms with E-state index in [-0.39, 0.29) is 11.7 Å². The normalized spacial score (nSPS) is 17.5. The maximum Gasteiger partial charge on any atom is 0.328 e. The number of hydrogen-bond donors (Lipinski definition) is 2. The van der Waals surface area contributed by atoms with Gasteiger partial charge in [-0.2, -0.15) is 15.2 Å². The van der Waals surface area contributed by atoms with Crippen molar-refractivity contribution in [1.82, 2.24) is 29.1 Å². The summed E-state index contributed by atoms with van der Waals surface area (Å²) in [5.41, 5.74) is 3.04. The average Bonchev–Trinajstić information content (AvgIpc) is 3.36. The van der Waals surface area contributed by atoms with Gasteiger partial charge in [0, 0.05) is 25.3 Å². The van der Waals surface area contributed by atoms with Gasteiger partial charge in [0.15, 0.2) is 11.5 Å². The Kier molecular flexibility index (Phi) is 4.43. The van der Waals surface area contributed by atoms with Crippen molar-refractivity contribution in [2.45, 2.75) is 44.2 Å². The van der Waals surface area contributed by atoms with Crippen LogP contribution in [0, 0.1) is 11.3 Å². The fourth-order valence-corrected chi connectivity index (χ4v) is 4.47. The van der Waals surface area contributed by atoms with Crippen LogP contribution in [0.3, 0.4) is 0 Å². The highest BCUT2D eigenvalue weighted by atomic mass is 16.5. The number of anilines is 1. The van der Waals surface area contributed by atoms with Crippen LogP contribution in [-0.4, -0.2) is 48.3 Å². The molecule has 10 nitrogen and oxygen atoms in total. The summed E-state index contributed by atoms with van der Waals surface area (Å²) in [6, 6.07) is 7.85. The van der Waals surface area contributed by atoms with E-state index in [0.29, 0.717) is 47.7 Å². The molecule has 1 saturated heterocycles. The number of rotatable bonds is 4. The number of imidazole rings is 2. The largest absolute Gasteiger partial charge is 0.381 e. The minimum atomic E-state index is -0.183. The lowest BCUT2D eigenvalue weighted by molar-refractivity contribution is 0.0697. The number of nitrogens with zero attached hydrogens (tertiary/aromatic N) is 6. The Bertz CT molecular complexity index is 1420. The lowest BCUT2D eigenvalue weighted by Gasteiger charge is -2.27. The molecular weight excluding hydrogens is 408 g/mol. The summed E-state index contributed by atoms with van der Waals surface area (Å²) in [5, 5.41) is 12.8. The Labute approximate surface area is 182 Å². The molecule has 2 fully saturated rings. The molecule has 0 radical (unpaired) electrons. The second kappa shape index (κ2) is 7.46. The van der Waals surface area contributed by atoms with Gasteiger partial charge in [0.25, 0.3) is 0 Å². The standard InChI is InChI=1S/C22H22N8O2/c23-11-13-4-5-16-17(10-13)29(12-24-16)21-27-19(25-14-2-1-3-14)18-20(28-21)30(22(31)26-18)15-6-8-32-9-7-15/h4-5,10,12,14-15H,1-3,6-9H2,(H,26,31)(H,25,27,28). The zero-order valence-corrected chi connectivity index (χ0v) is 17.4. The van der Waals surface area contributed by atoms with Crippen molar-refractivity contribution in [2.24, 2.45) is 0 Å². The van der Waals surface area contributed by atoms with Crippen LogP contribution in [0.1, 0.15) is 43.7 Å². The van der Waals surface area contributed by atoms with Crippen molar-refractivity contribution in [1.29, 1.82) is 5.26 Å². The van der Waals surface area contributed by atoms with Crippen molar-refractivity contribution < 1.29 is 4.74 Å². The molecule has 2 aliphatic rings. The van der Waals surface area contributed by atoms with Crippen molar-refractivity contribution in [3.05, 3.63) is 40.6 Å². The van der Waals surface area contributed by atoms with E-state index in [4.69, 9.17) is 14.7 Å². The summed E-state index contributed by atoms with van der Waals surface area (Å²) >= 11 is 0. The van der Waals surface area contributed by atoms with Gasteiger partial charge in [-0.1, -0.05) is 0 Å². The first-order chi connectivity index (χ1) is 15.7. The monoisotopic (exact) mass is 430 g/mol.